The molecule has 0 bridgehead atoms. The summed E-state index contributed by atoms with van der Waals surface area (Å²) in [4.78, 5) is 17.9. The minimum absolute atomic E-state index is 0. The smallest absolute Gasteiger partial charge is 0.261 e. The van der Waals surface area contributed by atoms with Crippen LogP contribution in [0.4, 0.5) is 5.69 Å². The third kappa shape index (κ3) is 5.01. The Hall–Kier alpha value is -1.27. The Bertz CT molecular complexity index is 797. The fourth-order valence-corrected chi connectivity index (χ4v) is 5.16. The van der Waals surface area contributed by atoms with Crippen molar-refractivity contribution in [2.45, 2.75) is 31.7 Å². The van der Waals surface area contributed by atoms with E-state index in [1.807, 2.05) is 0 Å². The lowest BCUT2D eigenvalue weighted by Gasteiger charge is -2.46. The number of fused-ring (bicyclic) bond motifs is 3. The van der Waals surface area contributed by atoms with Gasteiger partial charge in [0, 0.05) is 37.9 Å². The molecule has 152 valence electrons. The van der Waals surface area contributed by atoms with Crippen LogP contribution in [0.25, 0.3) is 0 Å². The van der Waals surface area contributed by atoms with Crippen molar-refractivity contribution >= 4 is 46.9 Å². The van der Waals surface area contributed by atoms with Gasteiger partial charge < -0.3 is 10.2 Å². The average molecular weight is 440 g/mol. The lowest BCUT2D eigenvalue weighted by molar-refractivity contribution is 0.0956. The maximum atomic E-state index is 12.0. The number of halogens is 2. The van der Waals surface area contributed by atoms with Gasteiger partial charge in [-0.1, -0.05) is 29.8 Å². The SMILES string of the molecule is Cl.O=C(NCCCCN1CCN2c3ccccc3CCC2C1)c1ccc(Cl)s1. The number of rotatable bonds is 6. The van der Waals surface area contributed by atoms with Crippen LogP contribution in [-0.2, 0) is 6.42 Å². The van der Waals surface area contributed by atoms with Gasteiger partial charge in [0.25, 0.3) is 5.91 Å². The molecule has 0 saturated carbocycles. The lowest BCUT2D eigenvalue weighted by atomic mass is 9.94. The highest BCUT2D eigenvalue weighted by molar-refractivity contribution is 7.17. The van der Waals surface area contributed by atoms with E-state index in [1.165, 1.54) is 35.4 Å². The van der Waals surface area contributed by atoms with Crippen LogP contribution >= 0.6 is 35.3 Å². The van der Waals surface area contributed by atoms with Crippen molar-refractivity contribution in [3.63, 3.8) is 0 Å². The highest BCUT2D eigenvalue weighted by Crippen LogP contribution is 2.32. The van der Waals surface area contributed by atoms with Crippen LogP contribution in [-0.4, -0.2) is 49.6 Å². The van der Waals surface area contributed by atoms with Crippen LogP contribution in [0.2, 0.25) is 4.34 Å². The summed E-state index contributed by atoms with van der Waals surface area (Å²) >= 11 is 7.21. The third-order valence-electron chi connectivity index (χ3n) is 5.60. The molecule has 2 aliphatic rings. The summed E-state index contributed by atoms with van der Waals surface area (Å²) < 4.78 is 0.657. The number of nitrogens with one attached hydrogen (secondary N) is 1. The first-order chi connectivity index (χ1) is 13.2. The van der Waals surface area contributed by atoms with E-state index < -0.39 is 0 Å². The van der Waals surface area contributed by atoms with Gasteiger partial charge in [-0.3, -0.25) is 9.69 Å². The van der Waals surface area contributed by atoms with Crippen molar-refractivity contribution < 1.29 is 4.79 Å². The molecule has 1 aromatic carbocycles. The fraction of sp³-hybridized carbons (Fsp3) is 0.476. The molecule has 3 heterocycles. The summed E-state index contributed by atoms with van der Waals surface area (Å²) in [5.41, 5.74) is 2.95. The van der Waals surface area contributed by atoms with E-state index in [0.29, 0.717) is 15.3 Å². The van der Waals surface area contributed by atoms with Gasteiger partial charge in [0.05, 0.1) is 9.21 Å². The monoisotopic (exact) mass is 439 g/mol. The van der Waals surface area contributed by atoms with Gasteiger partial charge >= 0.3 is 0 Å². The largest absolute Gasteiger partial charge is 0.366 e. The third-order valence-corrected chi connectivity index (χ3v) is 6.83. The zero-order valence-corrected chi connectivity index (χ0v) is 18.3. The maximum absolute atomic E-state index is 12.0. The highest BCUT2D eigenvalue weighted by atomic mass is 35.5. The van der Waals surface area contributed by atoms with E-state index in [4.69, 9.17) is 11.6 Å². The number of benzene rings is 1. The molecule has 2 aromatic rings. The summed E-state index contributed by atoms with van der Waals surface area (Å²) in [6, 6.07) is 13.1. The predicted molar refractivity (Wildman–Crippen MR) is 120 cm³/mol. The maximum Gasteiger partial charge on any atom is 0.261 e. The molecule has 1 amide bonds. The molecule has 1 fully saturated rings. The molecule has 2 aliphatic heterocycles. The summed E-state index contributed by atoms with van der Waals surface area (Å²) in [6.07, 6.45) is 4.59. The number of unbranched alkanes of at least 4 members (excludes halogenated alkanes) is 1. The van der Waals surface area contributed by atoms with Gasteiger partial charge in [-0.25, -0.2) is 0 Å². The average Bonchev–Trinajstić information content (AvgIpc) is 3.14. The van der Waals surface area contributed by atoms with Crippen LogP contribution in [0.15, 0.2) is 36.4 Å². The Morgan fingerprint density at radius 1 is 1.18 bits per heavy atom. The molecule has 0 aliphatic carbocycles. The number of hydrogen-bond donors (Lipinski definition) is 1. The summed E-state index contributed by atoms with van der Waals surface area (Å²) in [5.74, 6) is -0.0126. The highest BCUT2D eigenvalue weighted by Gasteiger charge is 2.30. The molecule has 0 spiro atoms. The number of carbonyl (C=O) groups excluding carboxylic acids is 1. The van der Waals surface area contributed by atoms with Crippen molar-refractivity contribution in [1.82, 2.24) is 10.2 Å². The lowest BCUT2D eigenvalue weighted by Crippen LogP contribution is -2.55. The first-order valence-electron chi connectivity index (χ1n) is 9.81. The molecule has 1 N–H and O–H groups in total. The number of thiophene rings is 1. The van der Waals surface area contributed by atoms with E-state index in [0.717, 1.165) is 45.6 Å². The van der Waals surface area contributed by atoms with Crippen molar-refractivity contribution in [2.24, 2.45) is 0 Å². The minimum atomic E-state index is -0.0126. The van der Waals surface area contributed by atoms with E-state index in [1.54, 1.807) is 12.1 Å². The zero-order chi connectivity index (χ0) is 18.6. The Labute approximate surface area is 182 Å². The zero-order valence-electron chi connectivity index (χ0n) is 15.9. The number of hydrogen-bond acceptors (Lipinski definition) is 4. The van der Waals surface area contributed by atoms with Gasteiger partial charge in [-0.2, -0.15) is 0 Å². The Balaban J connectivity index is 0.00000225. The summed E-state index contributed by atoms with van der Waals surface area (Å²) in [7, 11) is 0. The second-order valence-corrected chi connectivity index (χ2v) is 9.10. The van der Waals surface area contributed by atoms with Crippen LogP contribution in [0.5, 0.6) is 0 Å². The van der Waals surface area contributed by atoms with Gasteiger partial charge in [0.15, 0.2) is 0 Å². The molecular formula is C21H27Cl2N3OS. The van der Waals surface area contributed by atoms with E-state index in [2.05, 4.69) is 39.4 Å². The normalized spacial score (nSPS) is 18.8. The number of carbonyl (C=O) groups is 1. The molecule has 7 heteroatoms. The van der Waals surface area contributed by atoms with E-state index >= 15 is 0 Å². The fourth-order valence-electron chi connectivity index (χ4n) is 4.20. The number of para-hydroxylation sites is 1. The van der Waals surface area contributed by atoms with Gasteiger partial charge in [0.1, 0.15) is 0 Å². The summed E-state index contributed by atoms with van der Waals surface area (Å²) in [5, 5.41) is 2.99. The second-order valence-electron chi connectivity index (χ2n) is 7.38. The predicted octanol–water partition coefficient (Wildman–Crippen LogP) is 4.47. The first-order valence-corrected chi connectivity index (χ1v) is 11.0. The van der Waals surface area contributed by atoms with Crippen molar-refractivity contribution in [1.29, 1.82) is 0 Å². The molecule has 1 unspecified atom stereocenters. The molecule has 4 nitrogen and oxygen atoms in total. The molecular weight excluding hydrogens is 413 g/mol. The van der Waals surface area contributed by atoms with Gasteiger partial charge in [-0.15, -0.1) is 23.7 Å². The van der Waals surface area contributed by atoms with Crippen LogP contribution in [0, 0.1) is 0 Å². The molecule has 4 rings (SSSR count). The topological polar surface area (TPSA) is 35.6 Å². The van der Waals surface area contributed by atoms with E-state index in [-0.39, 0.29) is 18.3 Å². The van der Waals surface area contributed by atoms with Crippen molar-refractivity contribution in [3.8, 4) is 0 Å². The van der Waals surface area contributed by atoms with Crippen molar-refractivity contribution in [3.05, 3.63) is 51.2 Å². The molecule has 0 radical (unpaired) electrons. The molecule has 28 heavy (non-hydrogen) atoms. The molecule has 1 saturated heterocycles. The second kappa shape index (κ2) is 9.97. The number of amides is 1. The van der Waals surface area contributed by atoms with Gasteiger partial charge in [0.2, 0.25) is 0 Å². The standard InChI is InChI=1S/C21H26ClN3OS.ClH/c22-20-10-9-19(27-20)21(26)23-11-3-4-12-24-13-14-25-17(15-24)8-7-16-5-1-2-6-18(16)25;/h1-2,5-6,9-10,17H,3-4,7-8,11-15H2,(H,23,26);1H. The molecule has 1 aromatic heterocycles. The van der Waals surface area contributed by atoms with Crippen molar-refractivity contribution in [2.75, 3.05) is 37.6 Å². The van der Waals surface area contributed by atoms with Gasteiger partial charge in [-0.05, 0) is 56.0 Å². The number of piperazine rings is 1. The number of nitrogens with zero attached hydrogens (tertiary/aromatic N) is 2. The Morgan fingerprint density at radius 3 is 2.86 bits per heavy atom. The van der Waals surface area contributed by atoms with Crippen LogP contribution in [0.3, 0.4) is 0 Å². The minimum Gasteiger partial charge on any atom is -0.366 e. The van der Waals surface area contributed by atoms with Crippen LogP contribution < -0.4 is 10.2 Å². The number of anilines is 1. The quantitative estimate of drug-likeness (QED) is 0.674. The number of aryl methyl sites for hydroxylation is 1. The van der Waals surface area contributed by atoms with E-state index in [9.17, 15) is 4.79 Å². The summed E-state index contributed by atoms with van der Waals surface area (Å²) in [6.45, 7) is 5.26. The Kier molecular flexibility index (Phi) is 7.63. The molecule has 1 atom stereocenters. The first kappa shape index (κ1) is 21.4. The van der Waals surface area contributed by atoms with Crippen LogP contribution in [0.1, 0.15) is 34.5 Å². The Morgan fingerprint density at radius 2 is 2.04 bits per heavy atom.